The zero-order valence-corrected chi connectivity index (χ0v) is 33.5. The van der Waals surface area contributed by atoms with Crippen LogP contribution in [0.4, 0.5) is 0 Å². The number of halogens is 2. The Hall–Kier alpha value is -4.10. The Kier molecular flexibility index (Phi) is 19.7. The minimum atomic E-state index is 0.0000260. The molecule has 0 bridgehead atoms. The Morgan fingerprint density at radius 2 is 0.712 bits per heavy atom. The van der Waals surface area contributed by atoms with Gasteiger partial charge in [0.2, 0.25) is 11.8 Å². The average Bonchev–Trinajstić information content (AvgIpc) is 3.22. The molecule has 4 nitrogen and oxygen atoms in total. The number of rotatable bonds is 10. The minimum absolute atomic E-state index is 0.0000260. The molecule has 6 rings (SSSR count). The molecule has 0 N–H and O–H groups in total. The standard InChI is InChI=1S/2C22H20NO.2ClH.2Pd/c2*1-18-12-14-20(15-13-18)17-23(16-19-8-4-2-5-9-19)22(24)21-10-6-3-7-11-21;;;;/h2*2-15,17H,16H2,1H3;2*1H;;/q2*-1;;;2*+2/p-2. The first-order chi connectivity index (χ1) is 25.4. The fourth-order valence-electron chi connectivity index (χ4n) is 5.07. The van der Waals surface area contributed by atoms with Crippen molar-refractivity contribution in [2.45, 2.75) is 26.9 Å². The van der Waals surface area contributed by atoms with Gasteiger partial charge in [-0.05, 0) is 49.2 Å². The summed E-state index contributed by atoms with van der Waals surface area (Å²) in [4.78, 5) is 29.4. The Morgan fingerprint density at radius 1 is 0.442 bits per heavy atom. The maximum atomic E-state index is 12.9. The van der Waals surface area contributed by atoms with Crippen molar-refractivity contribution in [3.63, 3.8) is 0 Å². The third-order valence-electron chi connectivity index (χ3n) is 7.72. The first-order valence-corrected chi connectivity index (χ1v) is 20.3. The van der Waals surface area contributed by atoms with Gasteiger partial charge in [-0.2, -0.15) is 35.4 Å². The molecule has 0 aliphatic heterocycles. The monoisotopic (exact) mass is 910 g/mol. The molecule has 0 aliphatic rings. The van der Waals surface area contributed by atoms with Crippen molar-refractivity contribution in [1.29, 1.82) is 0 Å². The number of benzene rings is 6. The van der Waals surface area contributed by atoms with E-state index in [1.807, 2.05) is 159 Å². The molecule has 0 atom stereocenters. The van der Waals surface area contributed by atoms with Gasteiger partial charge in [0.15, 0.2) is 0 Å². The molecule has 0 unspecified atom stereocenters. The van der Waals surface area contributed by atoms with Gasteiger partial charge in [-0.1, -0.05) is 121 Å². The van der Waals surface area contributed by atoms with Gasteiger partial charge < -0.3 is 9.80 Å². The second-order valence-corrected chi connectivity index (χ2v) is 11.6. The van der Waals surface area contributed by atoms with E-state index >= 15 is 0 Å². The Balaban J connectivity index is 0.000000256. The van der Waals surface area contributed by atoms with E-state index in [9.17, 15) is 9.59 Å². The predicted octanol–water partition coefficient (Wildman–Crippen LogP) is 11.1. The van der Waals surface area contributed by atoms with Crippen molar-refractivity contribution in [1.82, 2.24) is 9.80 Å². The Morgan fingerprint density at radius 3 is 1.00 bits per heavy atom. The van der Waals surface area contributed by atoms with Crippen molar-refractivity contribution >= 4 is 30.9 Å². The van der Waals surface area contributed by atoms with Gasteiger partial charge in [0, 0.05) is 24.2 Å². The fourth-order valence-corrected chi connectivity index (χ4v) is 5.07. The van der Waals surface area contributed by atoms with E-state index in [1.165, 1.54) is 11.1 Å². The summed E-state index contributed by atoms with van der Waals surface area (Å²) in [6, 6.07) is 55.2. The molecule has 0 heterocycles. The predicted molar refractivity (Wildman–Crippen MR) is 206 cm³/mol. The molecule has 0 fully saturated rings. The van der Waals surface area contributed by atoms with E-state index in [0.29, 0.717) is 24.2 Å². The third-order valence-corrected chi connectivity index (χ3v) is 7.72. The summed E-state index contributed by atoms with van der Waals surface area (Å²) in [6.45, 7) is 9.04. The molecule has 6 aromatic carbocycles. The quantitative estimate of drug-likeness (QED) is 0.101. The molecule has 0 radical (unpaired) electrons. The summed E-state index contributed by atoms with van der Waals surface area (Å²) in [5.41, 5.74) is 8.03. The summed E-state index contributed by atoms with van der Waals surface area (Å²) in [7, 11) is 8.98. The van der Waals surface area contributed by atoms with Gasteiger partial charge in [0.25, 0.3) is 0 Å². The van der Waals surface area contributed by atoms with Crippen molar-refractivity contribution in [2.75, 3.05) is 0 Å². The molecular weight excluding hydrogens is 872 g/mol. The average molecular weight is 913 g/mol. The number of carbonyl (C=O) groups is 2. The first kappa shape index (κ1) is 42.3. The van der Waals surface area contributed by atoms with E-state index in [0.717, 1.165) is 22.3 Å². The van der Waals surface area contributed by atoms with E-state index in [4.69, 9.17) is 0 Å². The van der Waals surface area contributed by atoms with Crippen LogP contribution in [0.5, 0.6) is 0 Å². The molecule has 0 aliphatic carbocycles. The number of aryl methyl sites for hydroxylation is 2. The van der Waals surface area contributed by atoms with Crippen LogP contribution in [0, 0.1) is 26.9 Å². The van der Waals surface area contributed by atoms with Crippen LogP contribution in [0.15, 0.2) is 170 Å². The Labute approximate surface area is 338 Å². The summed E-state index contributed by atoms with van der Waals surface area (Å²) in [6.07, 6.45) is 0. The van der Waals surface area contributed by atoms with Crippen LogP contribution in [0.25, 0.3) is 0 Å². The van der Waals surface area contributed by atoms with Gasteiger partial charge in [0.05, 0.1) is 0 Å². The number of nitrogens with zero attached hydrogens (tertiary/aromatic N) is 2. The van der Waals surface area contributed by atoms with Gasteiger partial charge in [-0.3, -0.25) is 9.59 Å². The first-order valence-electron chi connectivity index (χ1n) is 16.3. The number of hydrogen-bond acceptors (Lipinski definition) is 2. The van der Waals surface area contributed by atoms with Crippen LogP contribution in [0.1, 0.15) is 54.1 Å². The van der Waals surface area contributed by atoms with Crippen LogP contribution in [0.3, 0.4) is 0 Å². The number of hydrogen-bond donors (Lipinski definition) is 0. The van der Waals surface area contributed by atoms with Crippen molar-refractivity contribution in [3.8, 4) is 0 Å². The topological polar surface area (TPSA) is 40.6 Å². The summed E-state index contributed by atoms with van der Waals surface area (Å²) in [5.74, 6) is 0.0000520. The van der Waals surface area contributed by atoms with Crippen LogP contribution in [0.2, 0.25) is 0 Å². The van der Waals surface area contributed by atoms with Crippen molar-refractivity contribution < 1.29 is 46.0 Å². The van der Waals surface area contributed by atoms with Gasteiger partial charge in [-0.25, -0.2) is 0 Å². The molecule has 6 aromatic rings. The van der Waals surface area contributed by atoms with Crippen molar-refractivity contribution in [3.05, 3.63) is 227 Å². The van der Waals surface area contributed by atoms with E-state index < -0.39 is 0 Å². The molecule has 0 aromatic heterocycles. The SMILES string of the molecule is Cc1ccc([CH-]N(Cc2ccccc2)C(=O)c2ccccc2)cc1.Cc1ccc([CH-]N(Cc2ccccc2)C(=O)c2ccccc2)cc1.[Cl][Pd+].[Cl][Pd+]. The van der Waals surface area contributed by atoms with Gasteiger partial charge in [-0.15, -0.1) is 24.3 Å². The molecule has 52 heavy (non-hydrogen) atoms. The molecule has 0 saturated heterocycles. The van der Waals surface area contributed by atoms with Crippen molar-refractivity contribution in [2.24, 2.45) is 0 Å². The Bertz CT molecular complexity index is 1720. The van der Waals surface area contributed by atoms with Crippen LogP contribution in [-0.4, -0.2) is 21.6 Å². The second-order valence-electron chi connectivity index (χ2n) is 11.6. The molecule has 2 amide bonds. The summed E-state index contributed by atoms with van der Waals surface area (Å²) >= 11 is 4.44. The number of amides is 2. The maximum absolute atomic E-state index is 12.9. The normalized spacial score (nSPS) is 9.69. The zero-order valence-electron chi connectivity index (χ0n) is 28.8. The second kappa shape index (κ2) is 24.2. The number of carbonyl (C=O) groups excluding carboxylic acids is 2. The zero-order chi connectivity index (χ0) is 37.6. The van der Waals surface area contributed by atoms with Gasteiger partial charge in [0.1, 0.15) is 0 Å². The molecule has 0 saturated carbocycles. The van der Waals surface area contributed by atoms with Crippen LogP contribution < -0.4 is 0 Å². The molecule has 272 valence electrons. The molecule has 8 heteroatoms. The van der Waals surface area contributed by atoms with Crippen LogP contribution >= 0.6 is 19.1 Å². The van der Waals surface area contributed by atoms with E-state index in [1.54, 1.807) is 9.80 Å². The fraction of sp³-hybridized carbons (Fsp3) is 0.0909. The van der Waals surface area contributed by atoms with E-state index in [-0.39, 0.29) is 11.8 Å². The molecule has 0 spiro atoms. The summed E-state index contributed by atoms with van der Waals surface area (Å²) < 4.78 is 0. The van der Waals surface area contributed by atoms with E-state index in [2.05, 4.69) is 93.5 Å². The summed E-state index contributed by atoms with van der Waals surface area (Å²) in [5, 5.41) is 0. The van der Waals surface area contributed by atoms with Gasteiger partial charge >= 0.3 is 55.4 Å². The van der Waals surface area contributed by atoms with Crippen LogP contribution in [-0.2, 0) is 49.5 Å². The molecular formula is C44H40Cl2N2O2Pd2. The third kappa shape index (κ3) is 14.5.